The maximum Gasteiger partial charge on any atom is 0.243 e. The van der Waals surface area contributed by atoms with Crippen LogP contribution in [0.4, 0.5) is 8.78 Å². The van der Waals surface area contributed by atoms with E-state index in [4.69, 9.17) is 4.52 Å². The molecule has 26 heavy (non-hydrogen) atoms. The number of sulfonamides is 1. The highest BCUT2D eigenvalue weighted by molar-refractivity contribution is 7.89. The molecule has 0 bridgehead atoms. The fourth-order valence-electron chi connectivity index (χ4n) is 2.64. The van der Waals surface area contributed by atoms with Gasteiger partial charge in [0, 0.05) is 37.1 Å². The van der Waals surface area contributed by atoms with Crippen LogP contribution in [0, 0.1) is 11.6 Å². The zero-order valence-corrected chi connectivity index (χ0v) is 14.0. The summed E-state index contributed by atoms with van der Waals surface area (Å²) in [6.45, 7) is 0.191. The Morgan fingerprint density at radius 2 is 1.73 bits per heavy atom. The van der Waals surface area contributed by atoms with Crippen LogP contribution in [0.15, 0.2) is 52.1 Å². The summed E-state index contributed by atoms with van der Waals surface area (Å²) in [7, 11) is -3.98. The molecule has 2 aromatic heterocycles. The highest BCUT2D eigenvalue weighted by Gasteiger charge is 2.40. The summed E-state index contributed by atoms with van der Waals surface area (Å²) in [4.78, 5) is 7.76. The van der Waals surface area contributed by atoms with Gasteiger partial charge >= 0.3 is 0 Å². The van der Waals surface area contributed by atoms with E-state index < -0.39 is 26.6 Å². The molecule has 0 saturated carbocycles. The van der Waals surface area contributed by atoms with Gasteiger partial charge in [-0.1, -0.05) is 5.16 Å². The van der Waals surface area contributed by atoms with Crippen LogP contribution in [-0.2, 0) is 10.0 Å². The van der Waals surface area contributed by atoms with E-state index in [0.717, 1.165) is 22.0 Å². The Morgan fingerprint density at radius 1 is 1.08 bits per heavy atom. The number of hydrogen-bond acceptors (Lipinski definition) is 6. The molecule has 7 nitrogen and oxygen atoms in total. The first-order chi connectivity index (χ1) is 12.4. The summed E-state index contributed by atoms with van der Waals surface area (Å²) in [5, 5.41) is 3.88. The van der Waals surface area contributed by atoms with Crippen molar-refractivity contribution in [2.75, 3.05) is 13.1 Å². The molecule has 0 atom stereocenters. The van der Waals surface area contributed by atoms with Gasteiger partial charge in [0.25, 0.3) is 0 Å². The van der Waals surface area contributed by atoms with Crippen LogP contribution in [0.25, 0.3) is 11.4 Å². The topological polar surface area (TPSA) is 89.2 Å². The number of hydrogen-bond donors (Lipinski definition) is 0. The van der Waals surface area contributed by atoms with E-state index in [-0.39, 0.29) is 19.0 Å². The molecular formula is C16H12F2N4O3S. The largest absolute Gasteiger partial charge is 0.339 e. The molecule has 1 aliphatic heterocycles. The van der Waals surface area contributed by atoms with Gasteiger partial charge in [-0.25, -0.2) is 17.2 Å². The third-order valence-corrected chi connectivity index (χ3v) is 5.86. The van der Waals surface area contributed by atoms with E-state index >= 15 is 0 Å². The van der Waals surface area contributed by atoms with Crippen molar-refractivity contribution in [1.29, 1.82) is 0 Å². The van der Waals surface area contributed by atoms with Crippen LogP contribution in [0.1, 0.15) is 11.8 Å². The van der Waals surface area contributed by atoms with Gasteiger partial charge in [-0.2, -0.15) is 9.29 Å². The molecule has 3 heterocycles. The minimum absolute atomic E-state index is 0.0957. The summed E-state index contributed by atoms with van der Waals surface area (Å²) in [6, 6.07) is 5.66. The van der Waals surface area contributed by atoms with E-state index in [0.29, 0.717) is 17.8 Å². The molecule has 4 rings (SSSR count). The monoisotopic (exact) mass is 378 g/mol. The van der Waals surface area contributed by atoms with Gasteiger partial charge in [-0.3, -0.25) is 4.98 Å². The molecule has 0 aliphatic carbocycles. The maximum atomic E-state index is 13.3. The van der Waals surface area contributed by atoms with Crippen molar-refractivity contribution in [3.63, 3.8) is 0 Å². The van der Waals surface area contributed by atoms with Gasteiger partial charge in [-0.05, 0) is 24.3 Å². The number of halogens is 2. The van der Waals surface area contributed by atoms with Crippen LogP contribution in [0.3, 0.4) is 0 Å². The lowest BCUT2D eigenvalue weighted by molar-refractivity contribution is 0.216. The van der Waals surface area contributed by atoms with Crippen LogP contribution < -0.4 is 0 Å². The van der Waals surface area contributed by atoms with E-state index in [1.165, 1.54) is 0 Å². The quantitative estimate of drug-likeness (QED) is 0.691. The van der Waals surface area contributed by atoms with Crippen LogP contribution in [-0.4, -0.2) is 40.9 Å². The lowest BCUT2D eigenvalue weighted by Crippen LogP contribution is -2.48. The number of rotatable bonds is 4. The summed E-state index contributed by atoms with van der Waals surface area (Å²) in [5.41, 5.74) is 0.731. The van der Waals surface area contributed by atoms with Gasteiger partial charge in [0.1, 0.15) is 11.6 Å². The molecule has 1 saturated heterocycles. The molecule has 0 unspecified atom stereocenters. The predicted octanol–water partition coefficient (Wildman–Crippen LogP) is 2.20. The minimum Gasteiger partial charge on any atom is -0.339 e. The van der Waals surface area contributed by atoms with E-state index in [1.54, 1.807) is 24.5 Å². The van der Waals surface area contributed by atoms with E-state index in [1.807, 2.05) is 0 Å². The zero-order chi connectivity index (χ0) is 18.3. The average molecular weight is 378 g/mol. The Balaban J connectivity index is 1.49. The maximum absolute atomic E-state index is 13.3. The average Bonchev–Trinajstić information content (AvgIpc) is 3.03. The second-order valence-corrected chi connectivity index (χ2v) is 7.75. The Bertz CT molecular complexity index is 1030. The third kappa shape index (κ3) is 2.97. The van der Waals surface area contributed by atoms with Crippen LogP contribution in [0.5, 0.6) is 0 Å². The highest BCUT2D eigenvalue weighted by atomic mass is 32.2. The molecule has 0 amide bonds. The van der Waals surface area contributed by atoms with Crippen LogP contribution >= 0.6 is 0 Å². The summed E-state index contributed by atoms with van der Waals surface area (Å²) in [6.07, 6.45) is 3.20. The second-order valence-electron chi connectivity index (χ2n) is 5.82. The molecule has 0 spiro atoms. The molecule has 1 aromatic carbocycles. The molecule has 1 fully saturated rings. The van der Waals surface area contributed by atoms with Crippen molar-refractivity contribution in [3.8, 4) is 11.4 Å². The van der Waals surface area contributed by atoms with Gasteiger partial charge < -0.3 is 4.52 Å². The van der Waals surface area contributed by atoms with Gasteiger partial charge in [0.05, 0.1) is 10.8 Å². The van der Waals surface area contributed by atoms with Crippen molar-refractivity contribution in [2.45, 2.75) is 10.8 Å². The third-order valence-electron chi connectivity index (χ3n) is 4.05. The molecule has 10 heteroatoms. The normalized spacial score (nSPS) is 15.8. The molecule has 0 radical (unpaired) electrons. The van der Waals surface area contributed by atoms with Crippen molar-refractivity contribution in [2.24, 2.45) is 0 Å². The number of nitrogens with zero attached hydrogens (tertiary/aromatic N) is 4. The fraction of sp³-hybridized carbons (Fsp3) is 0.188. The molecular weight excluding hydrogens is 366 g/mol. The fourth-order valence-corrected chi connectivity index (χ4v) is 4.21. The zero-order valence-electron chi connectivity index (χ0n) is 13.2. The van der Waals surface area contributed by atoms with Crippen molar-refractivity contribution in [3.05, 3.63) is 60.3 Å². The number of pyridine rings is 1. The van der Waals surface area contributed by atoms with Gasteiger partial charge in [0.15, 0.2) is 0 Å². The first-order valence-electron chi connectivity index (χ1n) is 7.64. The number of benzene rings is 1. The Hall–Kier alpha value is -2.72. The Morgan fingerprint density at radius 3 is 2.38 bits per heavy atom. The Labute approximate surface area is 147 Å². The highest BCUT2D eigenvalue weighted by Crippen LogP contribution is 2.32. The van der Waals surface area contributed by atoms with Crippen molar-refractivity contribution >= 4 is 10.0 Å². The molecule has 0 N–H and O–H groups in total. The van der Waals surface area contributed by atoms with E-state index in [9.17, 15) is 17.2 Å². The summed E-state index contributed by atoms with van der Waals surface area (Å²) >= 11 is 0. The predicted molar refractivity (Wildman–Crippen MR) is 85.4 cm³/mol. The SMILES string of the molecule is O=S(=O)(c1cc(F)cc(F)c1)N1CC(c2nc(-c3ccncc3)no2)C1. The lowest BCUT2D eigenvalue weighted by atomic mass is 10.0. The number of aromatic nitrogens is 3. The Kier molecular flexibility index (Phi) is 4.00. The molecule has 134 valence electrons. The summed E-state index contributed by atoms with van der Waals surface area (Å²) < 4.78 is 57.8. The molecule has 3 aromatic rings. The second kappa shape index (κ2) is 6.22. The first-order valence-corrected chi connectivity index (χ1v) is 9.08. The summed E-state index contributed by atoms with van der Waals surface area (Å²) in [5.74, 6) is -1.46. The smallest absolute Gasteiger partial charge is 0.243 e. The van der Waals surface area contributed by atoms with Crippen molar-refractivity contribution < 1.29 is 21.7 Å². The minimum atomic E-state index is -3.98. The standard InChI is InChI=1S/C16H12F2N4O3S/c17-12-5-13(18)7-14(6-12)26(23,24)22-8-11(9-22)16-20-15(21-25-16)10-1-3-19-4-2-10/h1-7,11H,8-9H2. The van der Waals surface area contributed by atoms with Gasteiger partial charge in [0.2, 0.25) is 21.7 Å². The molecule has 1 aliphatic rings. The van der Waals surface area contributed by atoms with Crippen molar-refractivity contribution in [1.82, 2.24) is 19.4 Å². The van der Waals surface area contributed by atoms with Gasteiger partial charge in [-0.15, -0.1) is 0 Å². The van der Waals surface area contributed by atoms with E-state index in [2.05, 4.69) is 15.1 Å². The van der Waals surface area contributed by atoms with Crippen LogP contribution in [0.2, 0.25) is 0 Å². The lowest BCUT2D eigenvalue weighted by Gasteiger charge is -2.35. The first kappa shape index (κ1) is 16.7.